The van der Waals surface area contributed by atoms with Gasteiger partial charge >= 0.3 is 0 Å². The second-order valence-electron chi connectivity index (χ2n) is 7.90. The highest BCUT2D eigenvalue weighted by Gasteiger charge is 2.22. The van der Waals surface area contributed by atoms with Gasteiger partial charge in [-0.3, -0.25) is 9.78 Å². The fourth-order valence-corrected chi connectivity index (χ4v) is 4.20. The summed E-state index contributed by atoms with van der Waals surface area (Å²) in [6.07, 6.45) is 3.30. The highest BCUT2D eigenvalue weighted by Crippen LogP contribution is 2.20. The van der Waals surface area contributed by atoms with Crippen LogP contribution in [0.5, 0.6) is 0 Å². The van der Waals surface area contributed by atoms with E-state index in [-0.39, 0.29) is 5.91 Å². The number of rotatable bonds is 5. The van der Waals surface area contributed by atoms with Gasteiger partial charge in [0, 0.05) is 30.7 Å². The van der Waals surface area contributed by atoms with Crippen LogP contribution in [0.2, 0.25) is 0 Å². The number of aromatic nitrogens is 1. The van der Waals surface area contributed by atoms with Gasteiger partial charge in [-0.15, -0.1) is 0 Å². The van der Waals surface area contributed by atoms with Crippen LogP contribution in [-0.2, 0) is 6.42 Å². The van der Waals surface area contributed by atoms with Crippen molar-refractivity contribution in [1.29, 1.82) is 0 Å². The summed E-state index contributed by atoms with van der Waals surface area (Å²) in [6, 6.07) is 20.6. The first kappa shape index (κ1) is 19.6. The number of benzene rings is 2. The molecule has 2 aromatic carbocycles. The fourth-order valence-electron chi connectivity index (χ4n) is 4.20. The Kier molecular flexibility index (Phi) is 6.20. The lowest BCUT2D eigenvalue weighted by Crippen LogP contribution is -2.35. The molecule has 4 heteroatoms. The zero-order chi connectivity index (χ0) is 20.1. The van der Waals surface area contributed by atoms with Gasteiger partial charge in [0.25, 0.3) is 5.91 Å². The van der Waals surface area contributed by atoms with Crippen molar-refractivity contribution in [3.63, 3.8) is 0 Å². The molecule has 1 aromatic heterocycles. The summed E-state index contributed by atoms with van der Waals surface area (Å²) in [6.45, 7) is 6.68. The number of carbonyl (C=O) groups excluding carboxylic acids is 1. The molecule has 1 fully saturated rings. The third-order valence-corrected chi connectivity index (χ3v) is 5.73. The summed E-state index contributed by atoms with van der Waals surface area (Å²) < 4.78 is 0. The number of aryl methyl sites for hydroxylation is 2. The van der Waals surface area contributed by atoms with E-state index in [1.165, 1.54) is 5.56 Å². The maximum atomic E-state index is 13.3. The summed E-state index contributed by atoms with van der Waals surface area (Å²) in [5, 5.41) is 0.951. The molecule has 4 nitrogen and oxygen atoms in total. The molecule has 0 spiro atoms. The molecule has 0 N–H and O–H groups in total. The molecule has 1 aliphatic rings. The number of fused-ring (bicyclic) bond motifs is 1. The molecule has 2 heterocycles. The zero-order valence-corrected chi connectivity index (χ0v) is 17.2. The van der Waals surface area contributed by atoms with Crippen molar-refractivity contribution in [2.75, 3.05) is 32.7 Å². The van der Waals surface area contributed by atoms with E-state index in [0.29, 0.717) is 0 Å². The van der Waals surface area contributed by atoms with E-state index in [4.69, 9.17) is 0 Å². The standard InChI is InChI=1S/C25H29N3O/c1-20-19-23(22-12-5-6-13-24(22)26-20)25(29)28-16-8-15-27(17-18-28)14-7-11-21-9-3-2-4-10-21/h2-6,9-10,12-13,19H,7-8,11,14-18H2,1H3. The predicted molar refractivity (Wildman–Crippen MR) is 118 cm³/mol. The van der Waals surface area contributed by atoms with Crippen LogP contribution in [0.4, 0.5) is 0 Å². The van der Waals surface area contributed by atoms with E-state index in [0.717, 1.165) is 74.1 Å². The average Bonchev–Trinajstić information content (AvgIpc) is 2.99. The number of carbonyl (C=O) groups is 1. The van der Waals surface area contributed by atoms with Crippen molar-refractivity contribution in [3.8, 4) is 0 Å². The van der Waals surface area contributed by atoms with Crippen LogP contribution in [0.3, 0.4) is 0 Å². The van der Waals surface area contributed by atoms with Gasteiger partial charge in [0.15, 0.2) is 0 Å². The van der Waals surface area contributed by atoms with Gasteiger partial charge in [0.1, 0.15) is 0 Å². The zero-order valence-electron chi connectivity index (χ0n) is 17.2. The van der Waals surface area contributed by atoms with E-state index in [1.54, 1.807) is 0 Å². The smallest absolute Gasteiger partial charge is 0.254 e. The van der Waals surface area contributed by atoms with Crippen LogP contribution in [-0.4, -0.2) is 53.4 Å². The number of hydrogen-bond donors (Lipinski definition) is 0. The lowest BCUT2D eigenvalue weighted by molar-refractivity contribution is 0.0763. The molecule has 0 atom stereocenters. The van der Waals surface area contributed by atoms with Crippen molar-refractivity contribution in [1.82, 2.24) is 14.8 Å². The third kappa shape index (κ3) is 4.83. The first-order valence-electron chi connectivity index (χ1n) is 10.6. The number of hydrogen-bond acceptors (Lipinski definition) is 3. The minimum atomic E-state index is 0.137. The molecule has 1 amide bonds. The maximum Gasteiger partial charge on any atom is 0.254 e. The minimum Gasteiger partial charge on any atom is -0.337 e. The third-order valence-electron chi connectivity index (χ3n) is 5.73. The Labute approximate surface area is 173 Å². The second kappa shape index (κ2) is 9.19. The molecule has 150 valence electrons. The Hall–Kier alpha value is -2.72. The molecule has 0 aliphatic carbocycles. The molecule has 1 saturated heterocycles. The molecule has 0 bridgehead atoms. The topological polar surface area (TPSA) is 36.4 Å². The number of para-hydroxylation sites is 1. The molecule has 3 aromatic rings. The fraction of sp³-hybridized carbons (Fsp3) is 0.360. The van der Waals surface area contributed by atoms with E-state index >= 15 is 0 Å². The molecule has 0 unspecified atom stereocenters. The van der Waals surface area contributed by atoms with Crippen LogP contribution < -0.4 is 0 Å². The molecule has 1 aliphatic heterocycles. The van der Waals surface area contributed by atoms with Gasteiger partial charge in [-0.05, 0) is 57.0 Å². The van der Waals surface area contributed by atoms with Crippen molar-refractivity contribution in [3.05, 3.63) is 77.5 Å². The lowest BCUT2D eigenvalue weighted by atomic mass is 10.1. The van der Waals surface area contributed by atoms with Crippen LogP contribution in [0, 0.1) is 6.92 Å². The summed E-state index contributed by atoms with van der Waals surface area (Å²) in [5.74, 6) is 0.137. The first-order valence-corrected chi connectivity index (χ1v) is 10.6. The number of amides is 1. The molecular formula is C25H29N3O. The van der Waals surface area contributed by atoms with Gasteiger partial charge in [-0.25, -0.2) is 0 Å². The summed E-state index contributed by atoms with van der Waals surface area (Å²) >= 11 is 0. The molecule has 0 radical (unpaired) electrons. The van der Waals surface area contributed by atoms with Crippen molar-refractivity contribution >= 4 is 16.8 Å². The molecule has 29 heavy (non-hydrogen) atoms. The van der Waals surface area contributed by atoms with Crippen LogP contribution in [0.25, 0.3) is 10.9 Å². The summed E-state index contributed by atoms with van der Waals surface area (Å²) in [4.78, 5) is 22.4. The molecule has 0 saturated carbocycles. The number of pyridine rings is 1. The molecular weight excluding hydrogens is 358 g/mol. The Morgan fingerprint density at radius 3 is 2.62 bits per heavy atom. The van der Waals surface area contributed by atoms with Crippen molar-refractivity contribution < 1.29 is 4.79 Å². The van der Waals surface area contributed by atoms with Gasteiger partial charge < -0.3 is 9.80 Å². The second-order valence-corrected chi connectivity index (χ2v) is 7.90. The largest absolute Gasteiger partial charge is 0.337 e. The van der Waals surface area contributed by atoms with E-state index in [1.807, 2.05) is 42.2 Å². The average molecular weight is 388 g/mol. The van der Waals surface area contributed by atoms with E-state index < -0.39 is 0 Å². The van der Waals surface area contributed by atoms with Crippen LogP contribution in [0.1, 0.15) is 34.5 Å². The first-order chi connectivity index (χ1) is 14.2. The van der Waals surface area contributed by atoms with Gasteiger partial charge in [-0.2, -0.15) is 0 Å². The molecule has 4 rings (SSSR count). The van der Waals surface area contributed by atoms with Crippen LogP contribution in [0.15, 0.2) is 60.7 Å². The quantitative estimate of drug-likeness (QED) is 0.654. The number of nitrogens with zero attached hydrogens (tertiary/aromatic N) is 3. The normalized spacial score (nSPS) is 15.4. The van der Waals surface area contributed by atoms with Crippen molar-refractivity contribution in [2.24, 2.45) is 0 Å². The van der Waals surface area contributed by atoms with Gasteiger partial charge in [-0.1, -0.05) is 48.5 Å². The van der Waals surface area contributed by atoms with E-state index in [2.05, 4.69) is 40.2 Å². The van der Waals surface area contributed by atoms with Gasteiger partial charge in [0.05, 0.1) is 11.1 Å². The SMILES string of the molecule is Cc1cc(C(=O)N2CCCN(CCCc3ccccc3)CC2)c2ccccc2n1. The van der Waals surface area contributed by atoms with Crippen LogP contribution >= 0.6 is 0 Å². The Morgan fingerprint density at radius 1 is 0.966 bits per heavy atom. The Balaban J connectivity index is 1.38. The lowest BCUT2D eigenvalue weighted by Gasteiger charge is -2.22. The Bertz CT molecular complexity index is 970. The maximum absolute atomic E-state index is 13.3. The monoisotopic (exact) mass is 387 g/mol. The van der Waals surface area contributed by atoms with E-state index in [9.17, 15) is 4.79 Å². The summed E-state index contributed by atoms with van der Waals surface area (Å²) in [7, 11) is 0. The van der Waals surface area contributed by atoms with Crippen molar-refractivity contribution in [2.45, 2.75) is 26.2 Å². The highest BCUT2D eigenvalue weighted by atomic mass is 16.2. The minimum absolute atomic E-state index is 0.137. The summed E-state index contributed by atoms with van der Waals surface area (Å²) in [5.41, 5.74) is 3.97. The predicted octanol–water partition coefficient (Wildman–Crippen LogP) is 4.32. The van der Waals surface area contributed by atoms with Gasteiger partial charge in [0.2, 0.25) is 0 Å². The Morgan fingerprint density at radius 2 is 1.76 bits per heavy atom. The highest BCUT2D eigenvalue weighted by molar-refractivity contribution is 6.06.